The average molecular weight is 207 g/mol. The monoisotopic (exact) mass is 207 g/mol. The SMILES string of the molecule is CC(O[C]=O)OC(=O)Cc1ccccc1. The van der Waals surface area contributed by atoms with Crippen LogP contribution in [0, 0.1) is 0 Å². The predicted molar refractivity (Wildman–Crippen MR) is 52.5 cm³/mol. The first-order chi connectivity index (χ1) is 7.22. The minimum absolute atomic E-state index is 0.160. The Kier molecular flexibility index (Phi) is 4.34. The molecular weight excluding hydrogens is 196 g/mol. The minimum Gasteiger partial charge on any atom is -0.425 e. The van der Waals surface area contributed by atoms with Crippen molar-refractivity contribution in [2.45, 2.75) is 19.6 Å². The van der Waals surface area contributed by atoms with Gasteiger partial charge in [0.1, 0.15) is 0 Å². The summed E-state index contributed by atoms with van der Waals surface area (Å²) in [7, 11) is 0. The van der Waals surface area contributed by atoms with Gasteiger partial charge in [-0.25, -0.2) is 4.79 Å². The molecule has 1 aromatic carbocycles. The van der Waals surface area contributed by atoms with E-state index in [4.69, 9.17) is 4.74 Å². The number of carbonyl (C=O) groups excluding carboxylic acids is 2. The molecule has 0 fully saturated rings. The third-order valence-electron chi connectivity index (χ3n) is 1.70. The van der Waals surface area contributed by atoms with Gasteiger partial charge in [0.15, 0.2) is 0 Å². The van der Waals surface area contributed by atoms with Gasteiger partial charge in [0, 0.05) is 6.92 Å². The summed E-state index contributed by atoms with van der Waals surface area (Å²) >= 11 is 0. The molecule has 4 nitrogen and oxygen atoms in total. The lowest BCUT2D eigenvalue weighted by Crippen LogP contribution is -2.18. The number of rotatable bonds is 5. The van der Waals surface area contributed by atoms with Crippen molar-refractivity contribution in [3.8, 4) is 0 Å². The third-order valence-corrected chi connectivity index (χ3v) is 1.70. The Balaban J connectivity index is 2.39. The number of hydrogen-bond donors (Lipinski definition) is 0. The zero-order valence-electron chi connectivity index (χ0n) is 8.30. The summed E-state index contributed by atoms with van der Waals surface area (Å²) in [6.07, 6.45) is -0.730. The summed E-state index contributed by atoms with van der Waals surface area (Å²) in [5.74, 6) is -0.441. The molecule has 0 saturated heterocycles. The van der Waals surface area contributed by atoms with E-state index in [0.29, 0.717) is 0 Å². The predicted octanol–water partition coefficient (Wildman–Crippen LogP) is 1.20. The van der Waals surface area contributed by atoms with Gasteiger partial charge in [-0.3, -0.25) is 4.79 Å². The van der Waals surface area contributed by atoms with Crippen LogP contribution in [0.2, 0.25) is 0 Å². The number of carbonyl (C=O) groups is 1. The normalized spacial score (nSPS) is 11.5. The van der Waals surface area contributed by atoms with Crippen LogP contribution in [0.5, 0.6) is 0 Å². The highest BCUT2D eigenvalue weighted by Gasteiger charge is 2.10. The fraction of sp³-hybridized carbons (Fsp3) is 0.273. The van der Waals surface area contributed by atoms with E-state index < -0.39 is 12.3 Å². The average Bonchev–Trinajstić information content (AvgIpc) is 2.19. The Morgan fingerprint density at radius 3 is 2.67 bits per heavy atom. The summed E-state index contributed by atoms with van der Waals surface area (Å²) in [5.41, 5.74) is 0.852. The van der Waals surface area contributed by atoms with Gasteiger partial charge >= 0.3 is 12.4 Å². The molecule has 0 heterocycles. The summed E-state index contributed by atoms with van der Waals surface area (Å²) in [4.78, 5) is 21.1. The van der Waals surface area contributed by atoms with Gasteiger partial charge in [0.2, 0.25) is 6.29 Å². The molecule has 0 aliphatic carbocycles. The van der Waals surface area contributed by atoms with E-state index in [1.807, 2.05) is 30.3 Å². The zero-order chi connectivity index (χ0) is 11.1. The van der Waals surface area contributed by atoms with E-state index in [1.165, 1.54) is 13.4 Å². The number of benzene rings is 1. The molecule has 1 aromatic rings. The van der Waals surface area contributed by atoms with Gasteiger partial charge in [0.05, 0.1) is 6.42 Å². The second-order valence-corrected chi connectivity index (χ2v) is 2.92. The first-order valence-electron chi connectivity index (χ1n) is 4.48. The van der Waals surface area contributed by atoms with E-state index in [0.717, 1.165) is 5.56 Å². The van der Waals surface area contributed by atoms with E-state index in [2.05, 4.69) is 4.74 Å². The molecule has 0 N–H and O–H groups in total. The van der Waals surface area contributed by atoms with Gasteiger partial charge in [0.25, 0.3) is 0 Å². The molecule has 0 bridgehead atoms. The van der Waals surface area contributed by atoms with Gasteiger partial charge in [-0.15, -0.1) is 0 Å². The maximum absolute atomic E-state index is 11.3. The molecule has 1 rings (SSSR count). The van der Waals surface area contributed by atoms with E-state index >= 15 is 0 Å². The summed E-state index contributed by atoms with van der Waals surface area (Å²) in [6.45, 7) is 2.66. The molecule has 0 saturated carbocycles. The standard InChI is InChI=1S/C11H11O4/c1-9(14-8-12)15-11(13)7-10-5-3-2-4-6-10/h2-6,9H,7H2,1H3. The van der Waals surface area contributed by atoms with Gasteiger partial charge in [-0.2, -0.15) is 0 Å². The lowest BCUT2D eigenvalue weighted by Gasteiger charge is -2.09. The van der Waals surface area contributed by atoms with Crippen LogP contribution >= 0.6 is 0 Å². The lowest BCUT2D eigenvalue weighted by molar-refractivity contribution is -0.161. The fourth-order valence-electron chi connectivity index (χ4n) is 1.08. The maximum Gasteiger partial charge on any atom is 0.420 e. The summed E-state index contributed by atoms with van der Waals surface area (Å²) in [6, 6.07) is 9.17. The molecule has 0 aliphatic rings. The van der Waals surface area contributed by atoms with Crippen molar-refractivity contribution in [3.63, 3.8) is 0 Å². The van der Waals surface area contributed by atoms with Crippen molar-refractivity contribution in [1.29, 1.82) is 0 Å². The highest BCUT2D eigenvalue weighted by molar-refractivity contribution is 5.72. The number of hydrogen-bond acceptors (Lipinski definition) is 4. The van der Waals surface area contributed by atoms with E-state index in [9.17, 15) is 9.59 Å². The molecule has 15 heavy (non-hydrogen) atoms. The van der Waals surface area contributed by atoms with Crippen LogP contribution in [-0.4, -0.2) is 18.7 Å². The second-order valence-electron chi connectivity index (χ2n) is 2.92. The third kappa shape index (κ3) is 4.26. The molecule has 0 aromatic heterocycles. The molecule has 0 aliphatic heterocycles. The maximum atomic E-state index is 11.3. The van der Waals surface area contributed by atoms with E-state index in [-0.39, 0.29) is 6.42 Å². The Hall–Kier alpha value is -1.84. The van der Waals surface area contributed by atoms with Gasteiger partial charge < -0.3 is 9.47 Å². The largest absolute Gasteiger partial charge is 0.425 e. The van der Waals surface area contributed by atoms with Crippen LogP contribution < -0.4 is 0 Å². The highest BCUT2D eigenvalue weighted by atomic mass is 16.7. The molecule has 1 atom stereocenters. The van der Waals surface area contributed by atoms with Gasteiger partial charge in [-0.1, -0.05) is 30.3 Å². The van der Waals surface area contributed by atoms with Crippen LogP contribution in [0.1, 0.15) is 12.5 Å². The molecule has 1 unspecified atom stereocenters. The van der Waals surface area contributed by atoms with E-state index in [1.54, 1.807) is 0 Å². The molecule has 1 radical (unpaired) electrons. The Bertz CT molecular complexity index is 321. The van der Waals surface area contributed by atoms with Crippen molar-refractivity contribution < 1.29 is 19.1 Å². The highest BCUT2D eigenvalue weighted by Crippen LogP contribution is 2.02. The van der Waals surface area contributed by atoms with Crippen molar-refractivity contribution in [2.75, 3.05) is 0 Å². The second kappa shape index (κ2) is 5.80. The Morgan fingerprint density at radius 2 is 2.07 bits per heavy atom. The molecule has 4 heteroatoms. The minimum atomic E-state index is -0.890. The molecular formula is C11H11O4. The van der Waals surface area contributed by atoms with Crippen LogP contribution in [0.15, 0.2) is 30.3 Å². The summed E-state index contributed by atoms with van der Waals surface area (Å²) < 4.78 is 9.07. The summed E-state index contributed by atoms with van der Waals surface area (Å²) in [5, 5.41) is 0. The molecule has 0 spiro atoms. The smallest absolute Gasteiger partial charge is 0.420 e. The van der Waals surface area contributed by atoms with Gasteiger partial charge in [-0.05, 0) is 5.56 Å². The van der Waals surface area contributed by atoms with Crippen LogP contribution in [0.25, 0.3) is 0 Å². The van der Waals surface area contributed by atoms with Crippen LogP contribution in [0.3, 0.4) is 0 Å². The number of esters is 1. The van der Waals surface area contributed by atoms with Crippen molar-refractivity contribution in [2.24, 2.45) is 0 Å². The Labute approximate surface area is 87.8 Å². The lowest BCUT2D eigenvalue weighted by atomic mass is 10.2. The molecule has 79 valence electrons. The topological polar surface area (TPSA) is 52.6 Å². The first-order valence-corrected chi connectivity index (χ1v) is 4.48. The quantitative estimate of drug-likeness (QED) is 0.537. The first kappa shape index (κ1) is 11.2. The zero-order valence-corrected chi connectivity index (χ0v) is 8.30. The van der Waals surface area contributed by atoms with Crippen LogP contribution in [-0.2, 0) is 25.5 Å². The van der Waals surface area contributed by atoms with Crippen LogP contribution in [0.4, 0.5) is 0 Å². The fourth-order valence-corrected chi connectivity index (χ4v) is 1.08. The van der Waals surface area contributed by atoms with Crippen molar-refractivity contribution in [3.05, 3.63) is 35.9 Å². The molecule has 0 amide bonds. The Morgan fingerprint density at radius 1 is 1.40 bits per heavy atom. The van der Waals surface area contributed by atoms with Crippen molar-refractivity contribution >= 4 is 12.4 Å². The number of ether oxygens (including phenoxy) is 2. The van der Waals surface area contributed by atoms with Crippen molar-refractivity contribution in [1.82, 2.24) is 0 Å².